The molecule has 2 aromatic carbocycles. The van der Waals surface area contributed by atoms with E-state index in [1.165, 1.54) is 17.4 Å². The molecular weight excluding hydrogens is 815 g/mol. The van der Waals surface area contributed by atoms with Gasteiger partial charge in [0.15, 0.2) is 16.8 Å². The van der Waals surface area contributed by atoms with Gasteiger partial charge >= 0.3 is 0 Å². The second-order valence-corrected chi connectivity index (χ2v) is 16.7. The lowest BCUT2D eigenvalue weighted by molar-refractivity contribution is -0.122. The van der Waals surface area contributed by atoms with Gasteiger partial charge in [-0.15, -0.1) is 11.3 Å². The summed E-state index contributed by atoms with van der Waals surface area (Å²) in [4.78, 5) is 65.4. The Morgan fingerprint density at radius 1 is 0.839 bits per heavy atom. The summed E-state index contributed by atoms with van der Waals surface area (Å²) in [6.45, 7) is 13.3. The average Bonchev–Trinajstić information content (AvgIpc) is 3.76. The summed E-state index contributed by atoms with van der Waals surface area (Å²) in [5.74, 6) is -0.553. The molecule has 0 unspecified atom stereocenters. The molecule has 0 spiro atoms. The van der Waals surface area contributed by atoms with Crippen LogP contribution in [0.15, 0.2) is 60.9 Å². The van der Waals surface area contributed by atoms with Crippen molar-refractivity contribution in [2.45, 2.75) is 66.3 Å². The average molecular weight is 865 g/mol. The van der Waals surface area contributed by atoms with Gasteiger partial charge in [-0.1, -0.05) is 18.6 Å². The number of aryl methyl sites for hydroxylation is 3. The van der Waals surface area contributed by atoms with E-state index in [4.69, 9.17) is 0 Å². The van der Waals surface area contributed by atoms with Crippen molar-refractivity contribution in [2.75, 3.05) is 60.1 Å². The first-order valence-electron chi connectivity index (χ1n) is 20.6. The normalized spacial score (nSPS) is 13.1. The van der Waals surface area contributed by atoms with Crippen LogP contribution >= 0.6 is 11.3 Å². The standard InChI is InChI=1S/C44H50F2N12O3S/c1-26(2)58-29(5)51-41-33(45)21-30(22-36(41)58)40-34(46)24-49-43(54-40)53-37-15-14-31(23-48-37)57-19-17-56(18-20-57)25-39(60)47-16-10-6-7-13-38(59)52-35-12-9-8-11-32(35)42(61)55-44-50-27(3)28(4)62-44/h8-9,11-12,14-15,21-24,26H,6-7,10,13,16-20,25H2,1-5H3,(H,47,60)(H,52,59)(H,50,55,61)(H,48,49,53,54). The van der Waals surface area contributed by atoms with Gasteiger partial charge in [0.05, 0.1) is 47.1 Å². The molecule has 1 aliphatic heterocycles. The zero-order valence-corrected chi connectivity index (χ0v) is 36.2. The van der Waals surface area contributed by atoms with E-state index in [9.17, 15) is 14.4 Å². The number of carbonyl (C=O) groups is 3. The zero-order valence-electron chi connectivity index (χ0n) is 35.4. The van der Waals surface area contributed by atoms with Crippen LogP contribution in [0.2, 0.25) is 0 Å². The SMILES string of the molecule is Cc1nc(NC(=O)c2ccccc2NC(=O)CCCCCNC(=O)CN2CCN(c3ccc(Nc4ncc(F)c(-c5cc(F)c6nc(C)n(C(C)C)c6c5)n4)nc3)CC2)sc1C. The number of rotatable bonds is 16. The van der Waals surface area contributed by atoms with Crippen molar-refractivity contribution in [3.63, 3.8) is 0 Å². The van der Waals surface area contributed by atoms with Gasteiger partial charge in [-0.05, 0) is 83.9 Å². The number of piperazine rings is 1. The predicted molar refractivity (Wildman–Crippen MR) is 238 cm³/mol. The number of fused-ring (bicyclic) bond motifs is 1. The van der Waals surface area contributed by atoms with E-state index in [2.05, 4.69) is 56.0 Å². The molecule has 1 aliphatic rings. The number of para-hydroxylation sites is 1. The maximum Gasteiger partial charge on any atom is 0.259 e. The highest BCUT2D eigenvalue weighted by molar-refractivity contribution is 7.15. The maximum absolute atomic E-state index is 15.1. The van der Waals surface area contributed by atoms with Crippen molar-refractivity contribution in [3.8, 4) is 11.3 Å². The number of anilines is 5. The third-order valence-electron chi connectivity index (χ3n) is 10.6. The largest absolute Gasteiger partial charge is 0.368 e. The molecule has 0 atom stereocenters. The van der Waals surface area contributed by atoms with Crippen molar-refractivity contribution < 1.29 is 23.2 Å². The van der Waals surface area contributed by atoms with Gasteiger partial charge in [0.2, 0.25) is 17.8 Å². The number of amides is 3. The minimum Gasteiger partial charge on any atom is -0.368 e. The number of thiazole rings is 1. The predicted octanol–water partition coefficient (Wildman–Crippen LogP) is 7.56. The molecule has 4 aromatic heterocycles. The third-order valence-corrected chi connectivity index (χ3v) is 11.6. The molecule has 7 rings (SSSR count). The molecule has 6 aromatic rings. The molecule has 5 heterocycles. The topological polar surface area (TPSA) is 175 Å². The van der Waals surface area contributed by atoms with E-state index in [1.54, 1.807) is 42.6 Å². The molecule has 1 saturated heterocycles. The van der Waals surface area contributed by atoms with Crippen LogP contribution in [0.1, 0.15) is 72.3 Å². The summed E-state index contributed by atoms with van der Waals surface area (Å²) in [6, 6.07) is 13.6. The number of benzene rings is 2. The van der Waals surface area contributed by atoms with Crippen molar-refractivity contribution in [1.82, 2.24) is 39.7 Å². The number of imidazole rings is 1. The summed E-state index contributed by atoms with van der Waals surface area (Å²) in [7, 11) is 0. The second-order valence-electron chi connectivity index (χ2n) is 15.5. The molecule has 0 aliphatic carbocycles. The summed E-state index contributed by atoms with van der Waals surface area (Å²) in [5.41, 5.74) is 3.62. The number of nitrogens with one attached hydrogen (secondary N) is 4. The fourth-order valence-corrected chi connectivity index (χ4v) is 8.19. The van der Waals surface area contributed by atoms with Crippen LogP contribution in [0.5, 0.6) is 0 Å². The van der Waals surface area contributed by atoms with Crippen LogP contribution in [0.3, 0.4) is 0 Å². The Morgan fingerprint density at radius 3 is 2.35 bits per heavy atom. The quantitative estimate of drug-likeness (QED) is 0.0707. The Morgan fingerprint density at radius 2 is 1.63 bits per heavy atom. The highest BCUT2D eigenvalue weighted by Gasteiger charge is 2.22. The summed E-state index contributed by atoms with van der Waals surface area (Å²) in [6.07, 6.45) is 5.24. The van der Waals surface area contributed by atoms with E-state index in [1.807, 2.05) is 45.3 Å². The molecular formula is C44H50F2N12O3S. The first-order chi connectivity index (χ1) is 29.8. The number of hydrogen-bond donors (Lipinski definition) is 4. The number of halogens is 2. The lowest BCUT2D eigenvalue weighted by Crippen LogP contribution is -2.49. The van der Waals surface area contributed by atoms with E-state index in [-0.39, 0.29) is 46.5 Å². The van der Waals surface area contributed by atoms with Crippen LogP contribution in [-0.2, 0) is 9.59 Å². The summed E-state index contributed by atoms with van der Waals surface area (Å²) >= 11 is 1.40. The van der Waals surface area contributed by atoms with Crippen LogP contribution in [-0.4, -0.2) is 91.4 Å². The Balaban J connectivity index is 0.806. The van der Waals surface area contributed by atoms with Crippen molar-refractivity contribution in [2.24, 2.45) is 0 Å². The van der Waals surface area contributed by atoms with Crippen LogP contribution in [0, 0.1) is 32.4 Å². The maximum atomic E-state index is 15.1. The molecule has 1 fully saturated rings. The van der Waals surface area contributed by atoms with Gasteiger partial charge in [0.25, 0.3) is 5.91 Å². The van der Waals surface area contributed by atoms with Crippen LogP contribution < -0.4 is 26.2 Å². The van der Waals surface area contributed by atoms with Gasteiger partial charge in [-0.25, -0.2) is 33.7 Å². The Hall–Kier alpha value is -6.40. The number of unbranched alkanes of at least 4 members (excludes halogenated alkanes) is 2. The zero-order chi connectivity index (χ0) is 43.9. The van der Waals surface area contributed by atoms with Crippen molar-refractivity contribution in [1.29, 1.82) is 0 Å². The molecule has 324 valence electrons. The van der Waals surface area contributed by atoms with Crippen LogP contribution in [0.4, 0.5) is 37.1 Å². The lowest BCUT2D eigenvalue weighted by Gasteiger charge is -2.35. The molecule has 62 heavy (non-hydrogen) atoms. The van der Waals surface area contributed by atoms with E-state index < -0.39 is 11.6 Å². The molecule has 3 amide bonds. The molecule has 15 nitrogen and oxygen atoms in total. The summed E-state index contributed by atoms with van der Waals surface area (Å²) < 4.78 is 32.1. The van der Waals surface area contributed by atoms with Gasteiger partial charge in [-0.2, -0.15) is 0 Å². The number of aromatic nitrogens is 6. The van der Waals surface area contributed by atoms with Gasteiger partial charge in [-0.3, -0.25) is 24.6 Å². The van der Waals surface area contributed by atoms with Gasteiger partial charge < -0.3 is 25.4 Å². The third kappa shape index (κ3) is 10.5. The number of hydrogen-bond acceptors (Lipinski definition) is 12. The fourth-order valence-electron chi connectivity index (χ4n) is 7.38. The lowest BCUT2D eigenvalue weighted by atomic mass is 10.1. The van der Waals surface area contributed by atoms with Crippen molar-refractivity contribution in [3.05, 3.63) is 94.5 Å². The molecule has 4 N–H and O–H groups in total. The van der Waals surface area contributed by atoms with E-state index >= 15 is 8.78 Å². The van der Waals surface area contributed by atoms with Crippen LogP contribution in [0.25, 0.3) is 22.3 Å². The van der Waals surface area contributed by atoms with Gasteiger partial charge in [0, 0.05) is 55.6 Å². The Labute approximate surface area is 362 Å². The van der Waals surface area contributed by atoms with Crippen molar-refractivity contribution >= 4 is 68.4 Å². The minimum atomic E-state index is -0.683. The number of nitrogens with zero attached hydrogens (tertiary/aromatic N) is 8. The summed E-state index contributed by atoms with van der Waals surface area (Å²) in [5, 5.41) is 12.2. The fraction of sp³-hybridized carbons (Fsp3) is 0.364. The highest BCUT2D eigenvalue weighted by atomic mass is 32.1. The number of pyridine rings is 1. The Bertz CT molecular complexity index is 2550. The second kappa shape index (κ2) is 19.5. The smallest absolute Gasteiger partial charge is 0.259 e. The highest BCUT2D eigenvalue weighted by Crippen LogP contribution is 2.31. The Kier molecular flexibility index (Phi) is 13.8. The number of carbonyl (C=O) groups excluding carboxylic acids is 3. The molecule has 0 bridgehead atoms. The minimum absolute atomic E-state index is 0.0281. The first kappa shape index (κ1) is 43.7. The monoisotopic (exact) mass is 864 g/mol. The molecule has 0 saturated carbocycles. The van der Waals surface area contributed by atoms with E-state index in [0.717, 1.165) is 35.3 Å². The first-order valence-corrected chi connectivity index (χ1v) is 21.5. The van der Waals surface area contributed by atoms with Gasteiger partial charge in [0.1, 0.15) is 22.9 Å². The van der Waals surface area contributed by atoms with E-state index in [0.29, 0.717) is 85.7 Å². The molecule has 0 radical (unpaired) electrons. The molecule has 18 heteroatoms.